The van der Waals surface area contributed by atoms with Crippen molar-refractivity contribution in [3.8, 4) is 0 Å². The second-order valence-electron chi connectivity index (χ2n) is 6.95. The van der Waals surface area contributed by atoms with Gasteiger partial charge in [0.1, 0.15) is 6.54 Å². The second-order valence-corrected chi connectivity index (χ2v) is 7.38. The van der Waals surface area contributed by atoms with Gasteiger partial charge >= 0.3 is 5.97 Å². The Labute approximate surface area is 168 Å². The van der Waals surface area contributed by atoms with Crippen molar-refractivity contribution in [1.29, 1.82) is 0 Å². The molecule has 3 aromatic rings. The maximum Gasteiger partial charge on any atom is 0.323 e. The number of nitrogens with zero attached hydrogens (tertiary/aromatic N) is 3. The molecule has 146 valence electrons. The van der Waals surface area contributed by atoms with E-state index in [1.165, 1.54) is 4.90 Å². The number of hydrogen-bond donors (Lipinski definition) is 1. The summed E-state index contributed by atoms with van der Waals surface area (Å²) in [6, 6.07) is 12.9. The number of imidazole rings is 1. The molecule has 0 unspecified atom stereocenters. The first-order valence-electron chi connectivity index (χ1n) is 9.07. The predicted molar refractivity (Wildman–Crippen MR) is 109 cm³/mol. The zero-order chi connectivity index (χ0) is 20.3. The normalized spacial score (nSPS) is 11.1. The predicted octanol–water partition coefficient (Wildman–Crippen LogP) is 4.04. The number of carboxylic acids is 1. The van der Waals surface area contributed by atoms with E-state index in [1.54, 1.807) is 30.6 Å². The van der Waals surface area contributed by atoms with E-state index >= 15 is 0 Å². The molecule has 0 radical (unpaired) electrons. The Morgan fingerprint density at radius 1 is 1.18 bits per heavy atom. The van der Waals surface area contributed by atoms with Crippen LogP contribution in [0.2, 0.25) is 5.02 Å². The summed E-state index contributed by atoms with van der Waals surface area (Å²) in [6.07, 6.45) is 2.29. The van der Waals surface area contributed by atoms with Crippen molar-refractivity contribution in [3.05, 3.63) is 64.9 Å². The third kappa shape index (κ3) is 4.51. The summed E-state index contributed by atoms with van der Waals surface area (Å²) in [4.78, 5) is 29.9. The number of aliphatic carboxylic acids is 1. The average molecular weight is 400 g/mol. The maximum atomic E-state index is 12.9. The van der Waals surface area contributed by atoms with Gasteiger partial charge in [0.25, 0.3) is 5.91 Å². The van der Waals surface area contributed by atoms with E-state index in [2.05, 4.69) is 18.8 Å². The first-order chi connectivity index (χ1) is 13.3. The van der Waals surface area contributed by atoms with Gasteiger partial charge in [0.2, 0.25) is 0 Å². The van der Waals surface area contributed by atoms with Crippen molar-refractivity contribution in [1.82, 2.24) is 14.5 Å². The van der Waals surface area contributed by atoms with Gasteiger partial charge in [0.15, 0.2) is 0 Å². The van der Waals surface area contributed by atoms with Crippen LogP contribution in [-0.4, -0.2) is 44.5 Å². The van der Waals surface area contributed by atoms with Crippen LogP contribution in [0.3, 0.4) is 0 Å². The first-order valence-corrected chi connectivity index (χ1v) is 9.45. The highest BCUT2D eigenvalue weighted by Gasteiger charge is 2.19. The third-order valence-corrected chi connectivity index (χ3v) is 4.83. The number of halogens is 1. The van der Waals surface area contributed by atoms with Gasteiger partial charge in [-0.3, -0.25) is 9.59 Å². The number of carbonyl (C=O) groups is 2. The lowest BCUT2D eigenvalue weighted by Crippen LogP contribution is -2.37. The van der Waals surface area contributed by atoms with Crippen molar-refractivity contribution in [2.45, 2.75) is 26.3 Å². The van der Waals surface area contributed by atoms with E-state index < -0.39 is 5.97 Å². The van der Waals surface area contributed by atoms with Crippen LogP contribution < -0.4 is 0 Å². The standard InChI is InChI=1S/C21H22ClN3O3/c1-14(2)25-13-23-18-11-16(5-8-19(18)25)21(28)24(12-20(26)27)10-9-15-3-6-17(22)7-4-15/h3-8,11,13-14H,9-10,12H2,1-2H3,(H,26,27). The average Bonchev–Trinajstić information content (AvgIpc) is 3.09. The van der Waals surface area contributed by atoms with Gasteiger partial charge in [-0.15, -0.1) is 0 Å². The molecule has 0 atom stereocenters. The third-order valence-electron chi connectivity index (χ3n) is 4.58. The minimum Gasteiger partial charge on any atom is -0.480 e. The summed E-state index contributed by atoms with van der Waals surface area (Å²) in [6.45, 7) is 4.06. The molecule has 1 N–H and O–H groups in total. The Balaban J connectivity index is 1.81. The zero-order valence-corrected chi connectivity index (χ0v) is 16.6. The summed E-state index contributed by atoms with van der Waals surface area (Å²) in [7, 11) is 0. The minimum atomic E-state index is -1.05. The Morgan fingerprint density at radius 2 is 1.89 bits per heavy atom. The molecule has 7 heteroatoms. The van der Waals surface area contributed by atoms with Crippen LogP contribution in [0.5, 0.6) is 0 Å². The van der Waals surface area contributed by atoms with Gasteiger partial charge in [-0.2, -0.15) is 0 Å². The second kappa shape index (κ2) is 8.44. The van der Waals surface area contributed by atoms with Crippen molar-refractivity contribution in [3.63, 3.8) is 0 Å². The maximum absolute atomic E-state index is 12.9. The molecule has 0 aliphatic carbocycles. The minimum absolute atomic E-state index is 0.259. The molecule has 6 nitrogen and oxygen atoms in total. The summed E-state index contributed by atoms with van der Waals surface area (Å²) in [5.41, 5.74) is 3.07. The van der Waals surface area contributed by atoms with Crippen LogP contribution in [0.1, 0.15) is 35.8 Å². The van der Waals surface area contributed by atoms with E-state index in [4.69, 9.17) is 11.6 Å². The van der Waals surface area contributed by atoms with Crippen molar-refractivity contribution in [2.75, 3.05) is 13.1 Å². The first kappa shape index (κ1) is 19.9. The fourth-order valence-electron chi connectivity index (χ4n) is 3.09. The molecule has 1 amide bonds. The molecule has 3 rings (SSSR count). The molecule has 1 aromatic heterocycles. The Morgan fingerprint density at radius 3 is 2.54 bits per heavy atom. The van der Waals surface area contributed by atoms with Crippen LogP contribution in [0.4, 0.5) is 0 Å². The number of amides is 1. The number of rotatable bonds is 7. The highest BCUT2D eigenvalue weighted by Crippen LogP contribution is 2.20. The Bertz CT molecular complexity index is 996. The largest absolute Gasteiger partial charge is 0.480 e. The molecule has 0 aliphatic rings. The molecule has 0 saturated carbocycles. The van der Waals surface area contributed by atoms with Crippen molar-refractivity contribution < 1.29 is 14.7 Å². The Hall–Kier alpha value is -2.86. The van der Waals surface area contributed by atoms with Gasteiger partial charge in [0, 0.05) is 23.2 Å². The summed E-state index contributed by atoms with van der Waals surface area (Å²) in [5, 5.41) is 9.86. The van der Waals surface area contributed by atoms with Crippen LogP contribution in [-0.2, 0) is 11.2 Å². The number of carbonyl (C=O) groups excluding carboxylic acids is 1. The summed E-state index contributed by atoms with van der Waals surface area (Å²) >= 11 is 5.89. The quantitative estimate of drug-likeness (QED) is 0.650. The number of fused-ring (bicyclic) bond motifs is 1. The van der Waals surface area contributed by atoms with E-state index in [-0.39, 0.29) is 18.5 Å². The molecule has 0 spiro atoms. The van der Waals surface area contributed by atoms with Crippen LogP contribution >= 0.6 is 11.6 Å². The van der Waals surface area contributed by atoms with Gasteiger partial charge in [-0.25, -0.2) is 4.98 Å². The van der Waals surface area contributed by atoms with E-state index in [0.29, 0.717) is 29.1 Å². The monoisotopic (exact) mass is 399 g/mol. The van der Waals surface area contributed by atoms with Gasteiger partial charge < -0.3 is 14.6 Å². The number of carboxylic acid groups (broad SMARTS) is 1. The van der Waals surface area contributed by atoms with E-state index in [1.807, 2.05) is 22.8 Å². The SMILES string of the molecule is CC(C)n1cnc2cc(C(=O)N(CCc3ccc(Cl)cc3)CC(=O)O)ccc21. The van der Waals surface area contributed by atoms with Crippen LogP contribution in [0.25, 0.3) is 11.0 Å². The van der Waals surface area contributed by atoms with Crippen molar-refractivity contribution in [2.24, 2.45) is 0 Å². The van der Waals surface area contributed by atoms with Crippen LogP contribution in [0.15, 0.2) is 48.8 Å². The smallest absolute Gasteiger partial charge is 0.323 e. The summed E-state index contributed by atoms with van der Waals surface area (Å²) < 4.78 is 2.03. The lowest BCUT2D eigenvalue weighted by atomic mass is 10.1. The topological polar surface area (TPSA) is 75.4 Å². The van der Waals surface area contributed by atoms with Crippen molar-refractivity contribution >= 4 is 34.5 Å². The fraction of sp³-hybridized carbons (Fsp3) is 0.286. The molecule has 2 aromatic carbocycles. The van der Waals surface area contributed by atoms with Gasteiger partial charge in [-0.1, -0.05) is 23.7 Å². The highest BCUT2D eigenvalue weighted by molar-refractivity contribution is 6.30. The van der Waals surface area contributed by atoms with Crippen LogP contribution in [0, 0.1) is 0 Å². The number of benzene rings is 2. The molecular formula is C21H22ClN3O3. The van der Waals surface area contributed by atoms with E-state index in [0.717, 1.165) is 11.1 Å². The number of hydrogen-bond acceptors (Lipinski definition) is 3. The van der Waals surface area contributed by atoms with E-state index in [9.17, 15) is 14.7 Å². The fourth-order valence-corrected chi connectivity index (χ4v) is 3.22. The lowest BCUT2D eigenvalue weighted by molar-refractivity contribution is -0.137. The summed E-state index contributed by atoms with van der Waals surface area (Å²) in [5.74, 6) is -1.37. The molecule has 0 saturated heterocycles. The lowest BCUT2D eigenvalue weighted by Gasteiger charge is -2.21. The molecule has 1 heterocycles. The molecule has 0 aliphatic heterocycles. The molecule has 28 heavy (non-hydrogen) atoms. The van der Waals surface area contributed by atoms with Gasteiger partial charge in [-0.05, 0) is 56.2 Å². The molecule has 0 fully saturated rings. The van der Waals surface area contributed by atoms with Gasteiger partial charge in [0.05, 0.1) is 17.4 Å². The number of aromatic nitrogens is 2. The molecular weight excluding hydrogens is 378 g/mol. The molecule has 0 bridgehead atoms. The highest BCUT2D eigenvalue weighted by atomic mass is 35.5. The Kier molecular flexibility index (Phi) is 5.99. The zero-order valence-electron chi connectivity index (χ0n) is 15.8.